The maximum atomic E-state index is 12.5. The zero-order chi connectivity index (χ0) is 18.0. The normalized spacial score (nSPS) is 17.0. The van der Waals surface area contributed by atoms with E-state index in [0.717, 1.165) is 11.3 Å². The lowest BCUT2D eigenvalue weighted by Gasteiger charge is -2.28. The maximum absolute atomic E-state index is 12.5. The number of nitro benzene ring substituents is 1. The molecule has 124 valence electrons. The molecular weight excluding hydrogens is 320 g/mol. The first kappa shape index (κ1) is 16.3. The van der Waals surface area contributed by atoms with Crippen LogP contribution in [0.2, 0.25) is 0 Å². The summed E-state index contributed by atoms with van der Waals surface area (Å²) in [6.45, 7) is 1.83. The number of carbonyl (C=O) groups is 1. The van der Waals surface area contributed by atoms with Crippen molar-refractivity contribution >= 4 is 23.0 Å². The molecule has 1 heterocycles. The van der Waals surface area contributed by atoms with Gasteiger partial charge in [-0.05, 0) is 36.8 Å². The van der Waals surface area contributed by atoms with Crippen LogP contribution in [-0.4, -0.2) is 16.5 Å². The number of anilines is 1. The highest BCUT2D eigenvalue weighted by molar-refractivity contribution is 6.04. The molecule has 2 aromatic carbocycles. The molecule has 0 N–H and O–H groups in total. The molecule has 0 saturated heterocycles. The van der Waals surface area contributed by atoms with Gasteiger partial charge < -0.3 is 0 Å². The van der Waals surface area contributed by atoms with Crippen LogP contribution in [0.1, 0.15) is 30.4 Å². The van der Waals surface area contributed by atoms with Crippen LogP contribution in [0.15, 0.2) is 53.6 Å². The van der Waals surface area contributed by atoms with E-state index < -0.39 is 4.92 Å². The van der Waals surface area contributed by atoms with Gasteiger partial charge in [0, 0.05) is 30.2 Å². The number of non-ortho nitro benzene ring substituents is 1. The monoisotopic (exact) mass is 334 g/mol. The third kappa shape index (κ3) is 3.23. The predicted octanol–water partition coefficient (Wildman–Crippen LogP) is 3.36. The SMILES string of the molecule is CC1=NN(c2ccc(C#N)cc2)C(=O)CC1c1ccc([N+](=O)[O-])cc1. The fourth-order valence-corrected chi connectivity index (χ4v) is 2.76. The highest BCUT2D eigenvalue weighted by Gasteiger charge is 2.29. The van der Waals surface area contributed by atoms with Crippen molar-refractivity contribution in [3.05, 3.63) is 69.8 Å². The molecule has 0 radical (unpaired) electrons. The van der Waals surface area contributed by atoms with E-state index in [1.54, 1.807) is 36.4 Å². The minimum atomic E-state index is -0.455. The quantitative estimate of drug-likeness (QED) is 0.634. The second-order valence-corrected chi connectivity index (χ2v) is 5.71. The van der Waals surface area contributed by atoms with Gasteiger partial charge in [0.05, 0.1) is 22.2 Å². The summed E-state index contributed by atoms with van der Waals surface area (Å²) >= 11 is 0. The molecule has 1 amide bonds. The van der Waals surface area contributed by atoms with Crippen LogP contribution in [0.4, 0.5) is 11.4 Å². The van der Waals surface area contributed by atoms with Crippen LogP contribution in [-0.2, 0) is 4.79 Å². The summed E-state index contributed by atoms with van der Waals surface area (Å²) in [6, 6.07) is 14.8. The average molecular weight is 334 g/mol. The molecule has 3 rings (SSSR count). The molecule has 0 saturated carbocycles. The van der Waals surface area contributed by atoms with Crippen molar-refractivity contribution in [3.63, 3.8) is 0 Å². The minimum Gasteiger partial charge on any atom is -0.273 e. The summed E-state index contributed by atoms with van der Waals surface area (Å²) in [5, 5.41) is 25.3. The number of amides is 1. The number of hydrogen-bond donors (Lipinski definition) is 0. The summed E-state index contributed by atoms with van der Waals surface area (Å²) in [4.78, 5) is 22.8. The largest absolute Gasteiger partial charge is 0.273 e. The van der Waals surface area contributed by atoms with Crippen molar-refractivity contribution in [1.82, 2.24) is 0 Å². The van der Waals surface area contributed by atoms with E-state index in [1.807, 2.05) is 13.0 Å². The first-order chi connectivity index (χ1) is 12.0. The summed E-state index contributed by atoms with van der Waals surface area (Å²) in [7, 11) is 0. The van der Waals surface area contributed by atoms with Gasteiger partial charge >= 0.3 is 0 Å². The van der Waals surface area contributed by atoms with E-state index in [4.69, 9.17) is 5.26 Å². The average Bonchev–Trinajstić information content (AvgIpc) is 2.63. The molecule has 0 bridgehead atoms. The van der Waals surface area contributed by atoms with Crippen molar-refractivity contribution in [2.45, 2.75) is 19.3 Å². The lowest BCUT2D eigenvalue weighted by Crippen LogP contribution is -2.35. The Morgan fingerprint density at radius 2 is 1.84 bits per heavy atom. The summed E-state index contributed by atoms with van der Waals surface area (Å²) in [6.07, 6.45) is 0.229. The van der Waals surface area contributed by atoms with Crippen molar-refractivity contribution in [2.75, 3.05) is 5.01 Å². The summed E-state index contributed by atoms with van der Waals surface area (Å²) < 4.78 is 0. The number of hydrazone groups is 1. The highest BCUT2D eigenvalue weighted by Crippen LogP contribution is 2.30. The molecule has 0 fully saturated rings. The van der Waals surface area contributed by atoms with Gasteiger partial charge in [0.15, 0.2) is 0 Å². The summed E-state index contributed by atoms with van der Waals surface area (Å²) in [5.74, 6) is -0.374. The summed E-state index contributed by atoms with van der Waals surface area (Å²) in [5.41, 5.74) is 2.69. The molecular formula is C18H14N4O3. The van der Waals surface area contributed by atoms with Gasteiger partial charge in [0.1, 0.15) is 0 Å². The lowest BCUT2D eigenvalue weighted by atomic mass is 9.90. The Kier molecular flexibility index (Phi) is 4.27. The maximum Gasteiger partial charge on any atom is 0.269 e. The number of hydrogen-bond acceptors (Lipinski definition) is 5. The molecule has 1 unspecified atom stereocenters. The molecule has 0 spiro atoms. The molecule has 0 aromatic heterocycles. The Balaban J connectivity index is 1.87. The van der Waals surface area contributed by atoms with E-state index in [9.17, 15) is 14.9 Å². The van der Waals surface area contributed by atoms with Crippen molar-refractivity contribution in [2.24, 2.45) is 5.10 Å². The topological polar surface area (TPSA) is 99.6 Å². The third-order valence-electron chi connectivity index (χ3n) is 4.12. The Labute approximate surface area is 144 Å². The van der Waals surface area contributed by atoms with Crippen LogP contribution >= 0.6 is 0 Å². The Bertz CT molecular complexity index is 895. The second kappa shape index (κ2) is 6.53. The molecule has 7 heteroatoms. The van der Waals surface area contributed by atoms with Crippen molar-refractivity contribution in [1.29, 1.82) is 5.26 Å². The second-order valence-electron chi connectivity index (χ2n) is 5.71. The number of nitrogens with zero attached hydrogens (tertiary/aromatic N) is 4. The van der Waals surface area contributed by atoms with Gasteiger partial charge in [-0.3, -0.25) is 14.9 Å². The van der Waals surface area contributed by atoms with Gasteiger partial charge in [0.25, 0.3) is 5.69 Å². The molecule has 2 aromatic rings. The van der Waals surface area contributed by atoms with Gasteiger partial charge in [-0.25, -0.2) is 5.01 Å². The van der Waals surface area contributed by atoms with E-state index in [0.29, 0.717) is 11.3 Å². The third-order valence-corrected chi connectivity index (χ3v) is 4.12. The Morgan fingerprint density at radius 1 is 1.20 bits per heavy atom. The molecule has 1 atom stereocenters. The Morgan fingerprint density at radius 3 is 2.40 bits per heavy atom. The highest BCUT2D eigenvalue weighted by atomic mass is 16.6. The van der Waals surface area contributed by atoms with Crippen LogP contribution in [0.5, 0.6) is 0 Å². The fraction of sp³-hybridized carbons (Fsp3) is 0.167. The van der Waals surface area contributed by atoms with Crippen LogP contribution < -0.4 is 5.01 Å². The van der Waals surface area contributed by atoms with E-state index >= 15 is 0 Å². The minimum absolute atomic E-state index is 0.0136. The predicted molar refractivity (Wildman–Crippen MR) is 92.2 cm³/mol. The fourth-order valence-electron chi connectivity index (χ4n) is 2.76. The molecule has 0 aliphatic carbocycles. The zero-order valence-corrected chi connectivity index (χ0v) is 13.4. The van der Waals surface area contributed by atoms with E-state index in [1.165, 1.54) is 17.1 Å². The zero-order valence-electron chi connectivity index (χ0n) is 13.4. The number of nitriles is 1. The van der Waals surface area contributed by atoms with Crippen molar-refractivity contribution < 1.29 is 9.72 Å². The molecule has 1 aliphatic heterocycles. The first-order valence-corrected chi connectivity index (χ1v) is 7.62. The number of rotatable bonds is 3. The lowest BCUT2D eigenvalue weighted by molar-refractivity contribution is -0.384. The van der Waals surface area contributed by atoms with Crippen LogP contribution in [0.25, 0.3) is 0 Å². The van der Waals surface area contributed by atoms with Crippen LogP contribution in [0.3, 0.4) is 0 Å². The standard InChI is InChI=1S/C18H14N4O3/c1-12-17(14-4-8-16(9-5-14)22(24)25)10-18(23)21(20-12)15-6-2-13(11-19)3-7-15/h2-9,17H,10H2,1H3. The van der Waals surface area contributed by atoms with Crippen molar-refractivity contribution in [3.8, 4) is 6.07 Å². The number of nitro groups is 1. The smallest absolute Gasteiger partial charge is 0.269 e. The van der Waals surface area contributed by atoms with Gasteiger partial charge in [-0.2, -0.15) is 10.4 Å². The van der Waals surface area contributed by atoms with E-state index in [2.05, 4.69) is 5.10 Å². The number of carbonyl (C=O) groups excluding carboxylic acids is 1. The molecule has 25 heavy (non-hydrogen) atoms. The van der Waals surface area contributed by atoms with Gasteiger partial charge in [-0.15, -0.1) is 0 Å². The first-order valence-electron chi connectivity index (χ1n) is 7.62. The van der Waals surface area contributed by atoms with Gasteiger partial charge in [0.2, 0.25) is 5.91 Å². The van der Waals surface area contributed by atoms with Crippen LogP contribution in [0, 0.1) is 21.4 Å². The molecule has 1 aliphatic rings. The molecule has 7 nitrogen and oxygen atoms in total. The Hall–Kier alpha value is -3.53. The number of benzene rings is 2. The van der Waals surface area contributed by atoms with Gasteiger partial charge in [-0.1, -0.05) is 12.1 Å². The van der Waals surface area contributed by atoms with E-state index in [-0.39, 0.29) is 23.9 Å².